The summed E-state index contributed by atoms with van der Waals surface area (Å²) in [6, 6.07) is 0. The molecule has 0 amide bonds. The molecule has 0 nitrogen and oxygen atoms in total. The summed E-state index contributed by atoms with van der Waals surface area (Å²) in [6.45, 7) is 24.2. The van der Waals surface area contributed by atoms with Crippen LogP contribution in [0, 0.1) is 0 Å². The van der Waals surface area contributed by atoms with E-state index >= 15 is 0 Å². The average Bonchev–Trinajstić information content (AvgIpc) is 2.75. The van der Waals surface area contributed by atoms with Crippen molar-refractivity contribution in [2.45, 2.75) is 85.0 Å². The Balaban J connectivity index is 2.68. The molecular weight excluding hydrogens is 280 g/mol. The first-order chi connectivity index (χ1) is 9.92. The smallest absolute Gasteiger partial charge is 0.0685 e. The average molecular weight is 315 g/mol. The van der Waals surface area contributed by atoms with Crippen LogP contribution in [0.15, 0.2) is 45.6 Å². The largest absolute Gasteiger partial charge is 0.0794 e. The van der Waals surface area contributed by atoms with E-state index in [9.17, 15) is 0 Å². The van der Waals surface area contributed by atoms with Gasteiger partial charge in [0.15, 0.2) is 0 Å². The fraction of sp³-hybridized carbons (Fsp3) is 0.619. The van der Waals surface area contributed by atoms with E-state index in [2.05, 4.69) is 81.0 Å². The minimum absolute atomic E-state index is 0.365. The first-order valence-corrected chi connectivity index (χ1v) is 11.3. The van der Waals surface area contributed by atoms with Crippen LogP contribution in [0.1, 0.15) is 62.3 Å². The lowest BCUT2D eigenvalue weighted by Crippen LogP contribution is -2.50. The molecule has 1 heteroatoms. The molecule has 2 aliphatic rings. The van der Waals surface area contributed by atoms with Gasteiger partial charge in [-0.25, -0.2) is 0 Å². The second kappa shape index (κ2) is 5.37. The third-order valence-corrected chi connectivity index (χ3v) is 14.1. The normalized spacial score (nSPS) is 29.0. The van der Waals surface area contributed by atoms with Crippen LogP contribution in [0.5, 0.6) is 0 Å². The van der Waals surface area contributed by atoms with E-state index in [-0.39, 0.29) is 0 Å². The molecule has 2 rings (SSSR count). The molecular formula is C21H34Si. The van der Waals surface area contributed by atoms with Gasteiger partial charge in [0.1, 0.15) is 0 Å². The van der Waals surface area contributed by atoms with Crippen molar-refractivity contribution < 1.29 is 0 Å². The van der Waals surface area contributed by atoms with Crippen molar-refractivity contribution in [1.29, 1.82) is 0 Å². The number of hydrogen-bond acceptors (Lipinski definition) is 0. The van der Waals surface area contributed by atoms with E-state index in [0.29, 0.717) is 16.1 Å². The fourth-order valence-electron chi connectivity index (χ4n) is 5.09. The Hall–Kier alpha value is -0.823. The Bertz CT molecular complexity index is 571. The Morgan fingerprint density at radius 2 is 1.05 bits per heavy atom. The molecule has 2 unspecified atom stereocenters. The van der Waals surface area contributed by atoms with Crippen LogP contribution in [0.2, 0.25) is 22.7 Å². The summed E-state index contributed by atoms with van der Waals surface area (Å²) in [5, 5.41) is 0.365. The summed E-state index contributed by atoms with van der Waals surface area (Å²) in [5.74, 6) is 0. The van der Waals surface area contributed by atoms with Crippen LogP contribution in [0.3, 0.4) is 0 Å². The van der Waals surface area contributed by atoms with Crippen molar-refractivity contribution in [3.63, 3.8) is 0 Å². The van der Waals surface area contributed by atoms with Crippen molar-refractivity contribution in [3.05, 3.63) is 45.6 Å². The third-order valence-electron chi connectivity index (χ3n) is 6.72. The predicted octanol–water partition coefficient (Wildman–Crippen LogP) is 7.20. The molecule has 0 N–H and O–H groups in total. The van der Waals surface area contributed by atoms with Gasteiger partial charge in [0.25, 0.3) is 0 Å². The van der Waals surface area contributed by atoms with Crippen LogP contribution in [-0.2, 0) is 0 Å². The highest BCUT2D eigenvalue weighted by molar-refractivity contribution is 6.86. The van der Waals surface area contributed by atoms with Crippen molar-refractivity contribution in [2.75, 3.05) is 0 Å². The Morgan fingerprint density at radius 3 is 1.23 bits per heavy atom. The number of allylic oxidation sites excluding steroid dienone is 8. The second-order valence-electron chi connectivity index (χ2n) is 8.91. The SMILES string of the molecule is CC1=CC(C)=C(C)C1[Si](C)(C1C(C)=CC(C)=C1C)C(C)(C)C. The van der Waals surface area contributed by atoms with E-state index < -0.39 is 8.07 Å². The van der Waals surface area contributed by atoms with Gasteiger partial charge in [0.05, 0.1) is 8.07 Å². The van der Waals surface area contributed by atoms with Crippen molar-refractivity contribution >= 4 is 8.07 Å². The quantitative estimate of drug-likeness (QED) is 0.473. The Morgan fingerprint density at radius 1 is 0.727 bits per heavy atom. The molecule has 2 atom stereocenters. The number of rotatable bonds is 2. The molecule has 0 saturated heterocycles. The molecule has 0 radical (unpaired) electrons. The molecule has 0 heterocycles. The van der Waals surface area contributed by atoms with Gasteiger partial charge in [-0.3, -0.25) is 0 Å². The van der Waals surface area contributed by atoms with Crippen LogP contribution in [-0.4, -0.2) is 8.07 Å². The van der Waals surface area contributed by atoms with E-state index in [0.717, 1.165) is 0 Å². The summed E-state index contributed by atoms with van der Waals surface area (Å²) in [7, 11) is -1.67. The van der Waals surface area contributed by atoms with Crippen molar-refractivity contribution in [3.8, 4) is 0 Å². The van der Waals surface area contributed by atoms with Gasteiger partial charge in [-0.05, 0) is 57.7 Å². The predicted molar refractivity (Wildman–Crippen MR) is 103 cm³/mol. The van der Waals surface area contributed by atoms with Crippen molar-refractivity contribution in [2.24, 2.45) is 0 Å². The number of hydrogen-bond donors (Lipinski definition) is 0. The summed E-state index contributed by atoms with van der Waals surface area (Å²) in [5.41, 5.74) is 10.8. The molecule has 0 bridgehead atoms. The van der Waals surface area contributed by atoms with Crippen LogP contribution in [0.25, 0.3) is 0 Å². The first-order valence-electron chi connectivity index (χ1n) is 8.64. The minimum Gasteiger partial charge on any atom is -0.0685 e. The molecule has 0 aromatic rings. The van der Waals surface area contributed by atoms with Gasteiger partial charge in [0, 0.05) is 0 Å². The molecule has 0 aromatic carbocycles. The zero-order valence-electron chi connectivity index (χ0n) is 16.3. The van der Waals surface area contributed by atoms with Crippen LogP contribution in [0.4, 0.5) is 0 Å². The molecule has 122 valence electrons. The first kappa shape index (κ1) is 17.5. The molecule has 0 saturated carbocycles. The minimum atomic E-state index is -1.67. The maximum Gasteiger partial charge on any atom is 0.0794 e. The maximum atomic E-state index is 2.67. The zero-order valence-corrected chi connectivity index (χ0v) is 17.3. The fourth-order valence-corrected chi connectivity index (χ4v) is 11.5. The zero-order chi connectivity index (χ0) is 17.0. The molecule has 22 heavy (non-hydrogen) atoms. The van der Waals surface area contributed by atoms with Crippen molar-refractivity contribution in [1.82, 2.24) is 0 Å². The molecule has 0 aliphatic heterocycles. The second-order valence-corrected chi connectivity index (χ2v) is 14.1. The van der Waals surface area contributed by atoms with Gasteiger partial charge in [-0.15, -0.1) is 0 Å². The maximum absolute atomic E-state index is 2.67. The van der Waals surface area contributed by atoms with Crippen LogP contribution >= 0.6 is 0 Å². The molecule has 0 fully saturated rings. The van der Waals surface area contributed by atoms with Gasteiger partial charge >= 0.3 is 0 Å². The Labute approximate surface area is 139 Å². The van der Waals surface area contributed by atoms with Gasteiger partial charge in [0.2, 0.25) is 0 Å². The van der Waals surface area contributed by atoms with Crippen LogP contribution < -0.4 is 0 Å². The highest BCUT2D eigenvalue weighted by atomic mass is 28.3. The van der Waals surface area contributed by atoms with E-state index in [4.69, 9.17) is 0 Å². The van der Waals surface area contributed by atoms with Gasteiger partial charge in [-0.2, -0.15) is 0 Å². The van der Waals surface area contributed by atoms with E-state index in [1.807, 2.05) is 0 Å². The molecule has 2 aliphatic carbocycles. The van der Waals surface area contributed by atoms with Gasteiger partial charge < -0.3 is 0 Å². The monoisotopic (exact) mass is 314 g/mol. The summed E-state index contributed by atoms with van der Waals surface area (Å²) < 4.78 is 0. The lowest BCUT2D eigenvalue weighted by molar-refractivity contribution is 0.681. The summed E-state index contributed by atoms with van der Waals surface area (Å²) in [4.78, 5) is 0. The Kier molecular flexibility index (Phi) is 4.28. The highest BCUT2D eigenvalue weighted by Crippen LogP contribution is 2.62. The van der Waals surface area contributed by atoms with E-state index in [1.165, 1.54) is 11.1 Å². The summed E-state index contributed by atoms with van der Waals surface area (Å²) >= 11 is 0. The standard InChI is InChI=1S/C21H34Si/c1-13-11-15(3)19(17(13)5)22(10,21(7,8)9)20-16(4)12-14(2)18(20)6/h11-12,19-20H,1-10H3. The molecule has 0 aromatic heterocycles. The van der Waals surface area contributed by atoms with E-state index in [1.54, 1.807) is 22.3 Å². The third kappa shape index (κ3) is 2.33. The highest BCUT2D eigenvalue weighted by Gasteiger charge is 2.55. The topological polar surface area (TPSA) is 0 Å². The summed E-state index contributed by atoms with van der Waals surface area (Å²) in [6.07, 6.45) is 4.88. The lowest BCUT2D eigenvalue weighted by Gasteiger charge is -2.51. The molecule has 0 spiro atoms. The lowest BCUT2D eigenvalue weighted by atomic mass is 10.1. The van der Waals surface area contributed by atoms with Gasteiger partial charge in [-0.1, -0.05) is 72.9 Å².